The normalized spacial score (nSPS) is 20.9. The van der Waals surface area contributed by atoms with E-state index in [9.17, 15) is 0 Å². The summed E-state index contributed by atoms with van der Waals surface area (Å²) in [6.45, 7) is 6.08. The van der Waals surface area contributed by atoms with Crippen molar-refractivity contribution in [2.24, 2.45) is 0 Å². The van der Waals surface area contributed by atoms with Crippen molar-refractivity contribution in [3.63, 3.8) is 0 Å². The Hall–Kier alpha value is -1.06. The highest BCUT2D eigenvalue weighted by molar-refractivity contribution is 5.39. The predicted octanol–water partition coefficient (Wildman–Crippen LogP) is 2.83. The van der Waals surface area contributed by atoms with Crippen molar-refractivity contribution >= 4 is 0 Å². The van der Waals surface area contributed by atoms with Gasteiger partial charge in [-0.2, -0.15) is 0 Å². The summed E-state index contributed by atoms with van der Waals surface area (Å²) in [5.74, 6) is 0.961. The monoisotopic (exact) mass is 249 g/mol. The highest BCUT2D eigenvalue weighted by Gasteiger charge is 2.17. The van der Waals surface area contributed by atoms with Crippen LogP contribution in [0.1, 0.15) is 36.9 Å². The Bertz CT molecular complexity index is 386. The van der Waals surface area contributed by atoms with Crippen molar-refractivity contribution in [3.8, 4) is 5.75 Å². The summed E-state index contributed by atoms with van der Waals surface area (Å²) in [5.41, 5.74) is 2.43. The summed E-state index contributed by atoms with van der Waals surface area (Å²) in [6, 6.07) is 6.63. The molecule has 2 atom stereocenters. The largest absolute Gasteiger partial charge is 0.496 e. The van der Waals surface area contributed by atoms with Gasteiger partial charge in [0.1, 0.15) is 5.75 Å². The minimum atomic E-state index is 0.282. The average molecular weight is 249 g/mol. The topological polar surface area (TPSA) is 30.5 Å². The number of rotatable bonds is 5. The van der Waals surface area contributed by atoms with Crippen molar-refractivity contribution in [2.45, 2.75) is 38.8 Å². The van der Waals surface area contributed by atoms with Crippen LogP contribution in [0, 0.1) is 6.92 Å². The Labute approximate surface area is 109 Å². The third-order valence-electron chi connectivity index (χ3n) is 3.53. The molecule has 0 bridgehead atoms. The lowest BCUT2D eigenvalue weighted by Gasteiger charge is -2.19. The maximum atomic E-state index is 5.62. The van der Waals surface area contributed by atoms with E-state index >= 15 is 0 Å². The first-order valence-corrected chi connectivity index (χ1v) is 6.70. The Morgan fingerprint density at radius 2 is 2.33 bits per heavy atom. The van der Waals surface area contributed by atoms with E-state index in [0.717, 1.165) is 18.9 Å². The quantitative estimate of drug-likeness (QED) is 0.870. The summed E-state index contributed by atoms with van der Waals surface area (Å²) in [6.07, 6.45) is 2.74. The van der Waals surface area contributed by atoms with Crippen LogP contribution in [0.4, 0.5) is 0 Å². The standard InChI is InChI=1S/C15H23NO2/c1-11-6-7-14(15(9-11)17-3)12(2)16-10-13-5-4-8-18-13/h6-7,9,12-13,16H,4-5,8,10H2,1-3H3. The van der Waals surface area contributed by atoms with Gasteiger partial charge in [-0.3, -0.25) is 0 Å². The van der Waals surface area contributed by atoms with Gasteiger partial charge in [0.25, 0.3) is 0 Å². The number of methoxy groups -OCH3 is 1. The second kappa shape index (κ2) is 6.21. The summed E-state index contributed by atoms with van der Waals surface area (Å²) in [4.78, 5) is 0. The molecule has 2 unspecified atom stereocenters. The Balaban J connectivity index is 1.96. The lowest BCUT2D eigenvalue weighted by Crippen LogP contribution is -2.28. The molecule has 1 aliphatic heterocycles. The highest BCUT2D eigenvalue weighted by Crippen LogP contribution is 2.26. The molecule has 1 aliphatic rings. The Kier molecular flexibility index (Phi) is 4.61. The SMILES string of the molecule is COc1cc(C)ccc1C(C)NCC1CCCO1. The predicted molar refractivity (Wildman–Crippen MR) is 73.1 cm³/mol. The number of nitrogens with one attached hydrogen (secondary N) is 1. The molecule has 3 nitrogen and oxygen atoms in total. The van der Waals surface area contributed by atoms with Crippen LogP contribution < -0.4 is 10.1 Å². The molecule has 1 heterocycles. The van der Waals surface area contributed by atoms with Gasteiger partial charge in [0.2, 0.25) is 0 Å². The molecule has 0 spiro atoms. The first kappa shape index (κ1) is 13.4. The van der Waals surface area contributed by atoms with E-state index in [1.807, 2.05) is 0 Å². The van der Waals surface area contributed by atoms with Crippen LogP contribution >= 0.6 is 0 Å². The molecular weight excluding hydrogens is 226 g/mol. The van der Waals surface area contributed by atoms with E-state index in [0.29, 0.717) is 6.10 Å². The maximum Gasteiger partial charge on any atom is 0.123 e. The first-order chi connectivity index (χ1) is 8.70. The Morgan fingerprint density at radius 1 is 1.50 bits per heavy atom. The van der Waals surface area contributed by atoms with E-state index in [-0.39, 0.29) is 6.04 Å². The molecule has 0 saturated carbocycles. The summed E-state index contributed by atoms with van der Waals surface area (Å²) >= 11 is 0. The molecule has 0 amide bonds. The van der Waals surface area contributed by atoms with Crippen LogP contribution in [-0.2, 0) is 4.74 Å². The number of hydrogen-bond acceptors (Lipinski definition) is 3. The zero-order valence-corrected chi connectivity index (χ0v) is 11.5. The smallest absolute Gasteiger partial charge is 0.123 e. The van der Waals surface area contributed by atoms with E-state index in [4.69, 9.17) is 9.47 Å². The minimum absolute atomic E-state index is 0.282. The van der Waals surface area contributed by atoms with Crippen LogP contribution in [0.25, 0.3) is 0 Å². The molecule has 18 heavy (non-hydrogen) atoms. The van der Waals surface area contributed by atoms with Gasteiger partial charge in [0, 0.05) is 24.8 Å². The fourth-order valence-electron chi connectivity index (χ4n) is 2.40. The summed E-state index contributed by atoms with van der Waals surface area (Å²) in [7, 11) is 1.73. The minimum Gasteiger partial charge on any atom is -0.496 e. The Morgan fingerprint density at radius 3 is 3.00 bits per heavy atom. The molecule has 100 valence electrons. The second-order valence-corrected chi connectivity index (χ2v) is 5.01. The molecule has 1 fully saturated rings. The lowest BCUT2D eigenvalue weighted by molar-refractivity contribution is 0.108. The number of hydrogen-bond donors (Lipinski definition) is 1. The van der Waals surface area contributed by atoms with Crippen LogP contribution in [0.3, 0.4) is 0 Å². The van der Waals surface area contributed by atoms with Gasteiger partial charge in [0.05, 0.1) is 13.2 Å². The molecule has 3 heteroatoms. The average Bonchev–Trinajstić information content (AvgIpc) is 2.88. The molecule has 1 aromatic carbocycles. The highest BCUT2D eigenvalue weighted by atomic mass is 16.5. The molecule has 0 radical (unpaired) electrons. The molecule has 1 aromatic rings. The fraction of sp³-hybridized carbons (Fsp3) is 0.600. The third kappa shape index (κ3) is 3.24. The van der Waals surface area contributed by atoms with Crippen molar-refractivity contribution in [1.29, 1.82) is 0 Å². The van der Waals surface area contributed by atoms with Gasteiger partial charge in [-0.05, 0) is 38.3 Å². The zero-order chi connectivity index (χ0) is 13.0. The molecular formula is C15H23NO2. The number of benzene rings is 1. The summed E-state index contributed by atoms with van der Waals surface area (Å²) in [5, 5.41) is 3.53. The van der Waals surface area contributed by atoms with Crippen LogP contribution in [0.2, 0.25) is 0 Å². The molecule has 1 saturated heterocycles. The van der Waals surface area contributed by atoms with Crippen molar-refractivity contribution in [3.05, 3.63) is 29.3 Å². The summed E-state index contributed by atoms with van der Waals surface area (Å²) < 4.78 is 11.1. The van der Waals surface area contributed by atoms with Gasteiger partial charge < -0.3 is 14.8 Å². The van der Waals surface area contributed by atoms with E-state index in [2.05, 4.69) is 37.4 Å². The number of ether oxygens (including phenoxy) is 2. The second-order valence-electron chi connectivity index (χ2n) is 5.01. The van der Waals surface area contributed by atoms with Crippen LogP contribution in [-0.4, -0.2) is 26.4 Å². The van der Waals surface area contributed by atoms with Gasteiger partial charge in [-0.15, -0.1) is 0 Å². The van der Waals surface area contributed by atoms with Crippen molar-refractivity contribution < 1.29 is 9.47 Å². The van der Waals surface area contributed by atoms with Crippen LogP contribution in [0.5, 0.6) is 5.75 Å². The van der Waals surface area contributed by atoms with E-state index < -0.39 is 0 Å². The van der Waals surface area contributed by atoms with Crippen LogP contribution in [0.15, 0.2) is 18.2 Å². The fourth-order valence-corrected chi connectivity index (χ4v) is 2.40. The van der Waals surface area contributed by atoms with Gasteiger partial charge in [-0.1, -0.05) is 12.1 Å². The molecule has 1 N–H and O–H groups in total. The van der Waals surface area contributed by atoms with E-state index in [1.54, 1.807) is 7.11 Å². The van der Waals surface area contributed by atoms with E-state index in [1.165, 1.54) is 24.0 Å². The van der Waals surface area contributed by atoms with Crippen molar-refractivity contribution in [2.75, 3.05) is 20.3 Å². The van der Waals surface area contributed by atoms with Gasteiger partial charge in [0.15, 0.2) is 0 Å². The lowest BCUT2D eigenvalue weighted by atomic mass is 10.0. The molecule has 0 aliphatic carbocycles. The van der Waals surface area contributed by atoms with Gasteiger partial charge in [-0.25, -0.2) is 0 Å². The number of aryl methyl sites for hydroxylation is 1. The van der Waals surface area contributed by atoms with Gasteiger partial charge >= 0.3 is 0 Å². The van der Waals surface area contributed by atoms with Crippen molar-refractivity contribution in [1.82, 2.24) is 5.32 Å². The molecule has 0 aromatic heterocycles. The molecule has 2 rings (SSSR count). The first-order valence-electron chi connectivity index (χ1n) is 6.70. The maximum absolute atomic E-state index is 5.62. The third-order valence-corrected chi connectivity index (χ3v) is 3.53. The zero-order valence-electron chi connectivity index (χ0n) is 11.5.